The van der Waals surface area contributed by atoms with Crippen LogP contribution in [0.1, 0.15) is 92.7 Å². The topological polar surface area (TPSA) is 35.8 Å². The lowest BCUT2D eigenvalue weighted by Crippen LogP contribution is -2.00. The third kappa shape index (κ3) is 9.02. The van der Waals surface area contributed by atoms with E-state index in [0.29, 0.717) is 17.8 Å². The van der Waals surface area contributed by atoms with Crippen LogP contribution in [0.2, 0.25) is 0 Å². The van der Waals surface area contributed by atoms with Gasteiger partial charge in [-0.15, -0.1) is 0 Å². The molecule has 0 heterocycles. The Morgan fingerprint density at radius 1 is 0.706 bits per heavy atom. The van der Waals surface area contributed by atoms with Crippen LogP contribution in [-0.4, -0.2) is 6.80 Å². The first-order chi connectivity index (χ1) is 16.1. The van der Waals surface area contributed by atoms with Crippen LogP contribution < -0.4 is 5.32 Å². The predicted molar refractivity (Wildman–Crippen MR) is 145 cm³/mol. The number of hydrogen-bond donors (Lipinski definition) is 1. The summed E-state index contributed by atoms with van der Waals surface area (Å²) >= 11 is 0. The van der Waals surface area contributed by atoms with E-state index in [4.69, 9.17) is 5.26 Å². The summed E-state index contributed by atoms with van der Waals surface area (Å²) in [7, 11) is 0. The van der Waals surface area contributed by atoms with Gasteiger partial charge in [0.15, 0.2) is 6.80 Å². The van der Waals surface area contributed by atoms with Crippen LogP contribution in [0.4, 0.5) is 10.1 Å². The summed E-state index contributed by atoms with van der Waals surface area (Å²) in [5.41, 5.74) is 8.31. The van der Waals surface area contributed by atoms with Crippen molar-refractivity contribution in [2.45, 2.75) is 73.1 Å². The Balaban J connectivity index is 0.000000255. The molecule has 0 fully saturated rings. The molecule has 0 saturated heterocycles. The Morgan fingerprint density at radius 3 is 1.68 bits per heavy atom. The second-order valence-electron chi connectivity index (χ2n) is 9.35. The molecule has 0 atom stereocenters. The fourth-order valence-corrected chi connectivity index (χ4v) is 3.73. The molecule has 3 aromatic rings. The third-order valence-electron chi connectivity index (χ3n) is 5.81. The molecule has 0 amide bonds. The van der Waals surface area contributed by atoms with Crippen molar-refractivity contribution in [3.63, 3.8) is 0 Å². The van der Waals surface area contributed by atoms with Gasteiger partial charge in [0.25, 0.3) is 0 Å². The predicted octanol–water partition coefficient (Wildman–Crippen LogP) is 9.26. The second-order valence-corrected chi connectivity index (χ2v) is 9.35. The lowest BCUT2D eigenvalue weighted by atomic mass is 9.95. The summed E-state index contributed by atoms with van der Waals surface area (Å²) in [6.45, 7) is 16.7. The van der Waals surface area contributed by atoms with Crippen molar-refractivity contribution >= 4 is 5.69 Å². The van der Waals surface area contributed by atoms with Crippen molar-refractivity contribution < 1.29 is 4.39 Å². The molecule has 3 rings (SSSR count). The molecule has 0 saturated carbocycles. The minimum absolute atomic E-state index is 0.431. The number of alkyl halides is 1. The van der Waals surface area contributed by atoms with Gasteiger partial charge in [0.05, 0.1) is 11.6 Å². The zero-order valence-electron chi connectivity index (χ0n) is 22.1. The highest BCUT2D eigenvalue weighted by atomic mass is 19.1. The number of rotatable bonds is 5. The van der Waals surface area contributed by atoms with Gasteiger partial charge in [-0.2, -0.15) is 5.26 Å². The lowest BCUT2D eigenvalue weighted by Gasteiger charge is -2.11. The quantitative estimate of drug-likeness (QED) is 0.385. The van der Waals surface area contributed by atoms with E-state index in [1.807, 2.05) is 48.5 Å². The number of anilines is 1. The molecule has 1 N–H and O–H groups in total. The first-order valence-corrected chi connectivity index (χ1v) is 12.1. The number of nitrogens with zero attached hydrogens (tertiary/aromatic N) is 1. The molecule has 0 aliphatic rings. The molecular weight excluding hydrogens is 419 g/mol. The molecule has 3 aromatic carbocycles. The van der Waals surface area contributed by atoms with Gasteiger partial charge in [-0.25, -0.2) is 4.39 Å². The van der Waals surface area contributed by atoms with Crippen molar-refractivity contribution in [2.24, 2.45) is 0 Å². The van der Waals surface area contributed by atoms with E-state index in [1.54, 1.807) is 0 Å². The van der Waals surface area contributed by atoms with Gasteiger partial charge in [0.2, 0.25) is 0 Å². The number of benzene rings is 3. The van der Waals surface area contributed by atoms with E-state index in [2.05, 4.69) is 85.0 Å². The Labute approximate surface area is 206 Å². The van der Waals surface area contributed by atoms with E-state index in [9.17, 15) is 4.39 Å². The molecule has 0 aliphatic heterocycles. The number of para-hydroxylation sites is 1. The summed E-state index contributed by atoms with van der Waals surface area (Å²) in [4.78, 5) is 0. The molecule has 182 valence electrons. The van der Waals surface area contributed by atoms with Crippen LogP contribution in [-0.2, 0) is 0 Å². The normalized spacial score (nSPS) is 10.2. The molecule has 0 spiro atoms. The van der Waals surface area contributed by atoms with Gasteiger partial charge in [0, 0.05) is 5.69 Å². The number of halogens is 1. The molecule has 34 heavy (non-hydrogen) atoms. The van der Waals surface area contributed by atoms with E-state index < -0.39 is 6.80 Å². The first-order valence-electron chi connectivity index (χ1n) is 12.1. The maximum atomic E-state index is 12.0. The number of nitrogens with one attached hydrogen (secondary N) is 1. The van der Waals surface area contributed by atoms with Gasteiger partial charge >= 0.3 is 0 Å². The standard InChI is InChI=1S/C11H16.C10H14FN.C10H11N/c1-8(2)11-7-5-6-9(3)10(11)4;1-8(2)9-5-3-4-6-10(9)12-7-11;1-8(2)10-6-4-3-5-9(10)7-11/h5-8H,1-4H3;3-6,8,12H,7H2,1-2H3;3-6,8H,1-2H3. The molecule has 0 aliphatic carbocycles. The highest BCUT2D eigenvalue weighted by molar-refractivity contribution is 5.52. The molecule has 0 bridgehead atoms. The Kier molecular flexibility index (Phi) is 12.7. The average molecular weight is 461 g/mol. The molecule has 0 unspecified atom stereocenters. The SMILES string of the molecule is CC(C)c1ccccc1C#N.CC(C)c1ccccc1NCF.Cc1cccc(C(C)C)c1C. The maximum Gasteiger partial charge on any atom is 0.159 e. The Hall–Kier alpha value is -3.12. The summed E-state index contributed by atoms with van der Waals surface area (Å²) in [5.74, 6) is 1.51. The van der Waals surface area contributed by atoms with Crippen LogP contribution in [0, 0.1) is 25.2 Å². The Morgan fingerprint density at radius 2 is 1.21 bits per heavy atom. The van der Waals surface area contributed by atoms with Gasteiger partial charge in [0.1, 0.15) is 0 Å². The highest BCUT2D eigenvalue weighted by Crippen LogP contribution is 2.23. The second kappa shape index (κ2) is 14.9. The van der Waals surface area contributed by atoms with Crippen LogP contribution >= 0.6 is 0 Å². The highest BCUT2D eigenvalue weighted by Gasteiger charge is 2.05. The van der Waals surface area contributed by atoms with Crippen molar-refractivity contribution in [1.82, 2.24) is 0 Å². The van der Waals surface area contributed by atoms with Crippen LogP contribution in [0.25, 0.3) is 0 Å². The lowest BCUT2D eigenvalue weighted by molar-refractivity contribution is 0.536. The van der Waals surface area contributed by atoms with E-state index in [-0.39, 0.29) is 0 Å². The largest absolute Gasteiger partial charge is 0.358 e. The zero-order valence-corrected chi connectivity index (χ0v) is 22.1. The van der Waals surface area contributed by atoms with E-state index in [0.717, 1.165) is 22.4 Å². The smallest absolute Gasteiger partial charge is 0.159 e. The molecule has 0 aromatic heterocycles. The number of nitriles is 1. The van der Waals surface area contributed by atoms with Crippen molar-refractivity contribution in [3.8, 4) is 6.07 Å². The Bertz CT molecular complexity index is 1050. The van der Waals surface area contributed by atoms with Crippen molar-refractivity contribution in [3.05, 3.63) is 100 Å². The molecule has 2 nitrogen and oxygen atoms in total. The summed E-state index contributed by atoms with van der Waals surface area (Å²) in [5, 5.41) is 11.4. The fraction of sp³-hybridized carbons (Fsp3) is 0.387. The fourth-order valence-electron chi connectivity index (χ4n) is 3.73. The van der Waals surface area contributed by atoms with Gasteiger partial charge in [-0.1, -0.05) is 96.1 Å². The van der Waals surface area contributed by atoms with Crippen LogP contribution in [0.5, 0.6) is 0 Å². The molecule has 3 heteroatoms. The minimum atomic E-state index is -0.510. The molecule has 0 radical (unpaired) electrons. The zero-order chi connectivity index (χ0) is 25.7. The van der Waals surface area contributed by atoms with E-state index >= 15 is 0 Å². The third-order valence-corrected chi connectivity index (χ3v) is 5.81. The summed E-state index contributed by atoms with van der Waals surface area (Å²) < 4.78 is 12.0. The maximum absolute atomic E-state index is 12.0. The van der Waals surface area contributed by atoms with Gasteiger partial charge in [-0.05, 0) is 71.6 Å². The molecular formula is C31H41FN2. The monoisotopic (exact) mass is 460 g/mol. The van der Waals surface area contributed by atoms with Crippen LogP contribution in [0.3, 0.4) is 0 Å². The van der Waals surface area contributed by atoms with E-state index in [1.165, 1.54) is 16.7 Å². The van der Waals surface area contributed by atoms with Gasteiger partial charge < -0.3 is 5.32 Å². The number of aryl methyl sites for hydroxylation is 1. The van der Waals surface area contributed by atoms with Crippen molar-refractivity contribution in [1.29, 1.82) is 5.26 Å². The summed E-state index contributed by atoms with van der Waals surface area (Å²) in [6, 6.07) is 24.2. The number of hydrogen-bond acceptors (Lipinski definition) is 2. The summed E-state index contributed by atoms with van der Waals surface area (Å²) in [6.07, 6.45) is 0. The van der Waals surface area contributed by atoms with Gasteiger partial charge in [-0.3, -0.25) is 0 Å². The van der Waals surface area contributed by atoms with Crippen molar-refractivity contribution in [2.75, 3.05) is 12.1 Å². The van der Waals surface area contributed by atoms with Crippen LogP contribution in [0.15, 0.2) is 66.7 Å². The minimum Gasteiger partial charge on any atom is -0.358 e. The average Bonchev–Trinajstić information content (AvgIpc) is 2.82. The first kappa shape index (κ1) is 28.9.